The van der Waals surface area contributed by atoms with E-state index in [9.17, 15) is 4.79 Å². The third-order valence-electron chi connectivity index (χ3n) is 3.83. The Morgan fingerprint density at radius 2 is 1.81 bits per heavy atom. The fourth-order valence-electron chi connectivity index (χ4n) is 2.54. The SMILES string of the molecule is CCc1ccccc1NC(=O)c1cc(C)nc(Nc2ccc(Cl)cc2)n1. The van der Waals surface area contributed by atoms with Gasteiger partial charge in [-0.2, -0.15) is 0 Å². The average Bonchev–Trinajstić information content (AvgIpc) is 2.63. The van der Waals surface area contributed by atoms with Crippen LogP contribution in [0.2, 0.25) is 5.02 Å². The Morgan fingerprint density at radius 1 is 1.08 bits per heavy atom. The first kappa shape index (κ1) is 17.9. The third kappa shape index (κ3) is 4.37. The van der Waals surface area contributed by atoms with E-state index in [1.165, 1.54) is 0 Å². The van der Waals surface area contributed by atoms with Crippen molar-refractivity contribution in [1.29, 1.82) is 0 Å². The number of halogens is 1. The molecule has 0 unspecified atom stereocenters. The highest BCUT2D eigenvalue weighted by Gasteiger charge is 2.12. The lowest BCUT2D eigenvalue weighted by atomic mass is 10.1. The number of nitrogens with zero attached hydrogens (tertiary/aromatic N) is 2. The summed E-state index contributed by atoms with van der Waals surface area (Å²) >= 11 is 5.90. The van der Waals surface area contributed by atoms with Crippen molar-refractivity contribution in [1.82, 2.24) is 9.97 Å². The van der Waals surface area contributed by atoms with Gasteiger partial charge in [0.15, 0.2) is 0 Å². The number of amides is 1. The number of anilines is 3. The number of rotatable bonds is 5. The van der Waals surface area contributed by atoms with Gasteiger partial charge < -0.3 is 10.6 Å². The van der Waals surface area contributed by atoms with Crippen molar-refractivity contribution in [3.05, 3.63) is 76.6 Å². The number of aryl methyl sites for hydroxylation is 2. The number of aromatic nitrogens is 2. The molecule has 2 aromatic carbocycles. The summed E-state index contributed by atoms with van der Waals surface area (Å²) in [5.74, 6) is 0.0943. The summed E-state index contributed by atoms with van der Waals surface area (Å²) in [7, 11) is 0. The highest BCUT2D eigenvalue weighted by Crippen LogP contribution is 2.19. The average molecular weight is 367 g/mol. The zero-order valence-corrected chi connectivity index (χ0v) is 15.3. The Kier molecular flexibility index (Phi) is 5.49. The number of nitrogens with one attached hydrogen (secondary N) is 2. The molecular formula is C20H19ClN4O. The molecule has 0 saturated carbocycles. The second kappa shape index (κ2) is 7.97. The highest BCUT2D eigenvalue weighted by atomic mass is 35.5. The zero-order valence-electron chi connectivity index (χ0n) is 14.6. The first-order chi connectivity index (χ1) is 12.5. The lowest BCUT2D eigenvalue weighted by Crippen LogP contribution is -2.16. The van der Waals surface area contributed by atoms with Crippen molar-refractivity contribution >= 4 is 34.8 Å². The summed E-state index contributed by atoms with van der Waals surface area (Å²) in [4.78, 5) is 21.3. The number of benzene rings is 2. The topological polar surface area (TPSA) is 66.9 Å². The first-order valence-corrected chi connectivity index (χ1v) is 8.70. The van der Waals surface area contributed by atoms with Crippen LogP contribution in [0.5, 0.6) is 0 Å². The maximum Gasteiger partial charge on any atom is 0.274 e. The third-order valence-corrected chi connectivity index (χ3v) is 4.09. The molecule has 6 heteroatoms. The van der Waals surface area contributed by atoms with Gasteiger partial charge in [0, 0.05) is 22.1 Å². The second-order valence-electron chi connectivity index (χ2n) is 5.81. The maximum atomic E-state index is 12.6. The molecule has 3 aromatic rings. The monoisotopic (exact) mass is 366 g/mol. The molecule has 3 rings (SSSR count). The fraction of sp³-hybridized carbons (Fsp3) is 0.150. The Hall–Kier alpha value is -2.92. The van der Waals surface area contributed by atoms with Crippen LogP contribution in [0.1, 0.15) is 28.7 Å². The van der Waals surface area contributed by atoms with Crippen molar-refractivity contribution in [3.8, 4) is 0 Å². The van der Waals surface area contributed by atoms with E-state index in [2.05, 4.69) is 20.6 Å². The molecule has 0 bridgehead atoms. The predicted octanol–water partition coefficient (Wildman–Crippen LogP) is 5.00. The van der Waals surface area contributed by atoms with Crippen LogP contribution < -0.4 is 10.6 Å². The molecule has 0 fully saturated rings. The normalized spacial score (nSPS) is 10.4. The Balaban J connectivity index is 1.82. The van der Waals surface area contributed by atoms with Gasteiger partial charge in [-0.15, -0.1) is 0 Å². The summed E-state index contributed by atoms with van der Waals surface area (Å²) in [6, 6.07) is 16.6. The summed E-state index contributed by atoms with van der Waals surface area (Å²) in [5, 5.41) is 6.67. The Labute approximate surface area is 157 Å². The summed E-state index contributed by atoms with van der Waals surface area (Å²) in [6.07, 6.45) is 0.836. The molecule has 0 saturated heterocycles. The molecule has 132 valence electrons. The van der Waals surface area contributed by atoms with E-state index in [4.69, 9.17) is 11.6 Å². The van der Waals surface area contributed by atoms with Crippen LogP contribution in [0.25, 0.3) is 0 Å². The highest BCUT2D eigenvalue weighted by molar-refractivity contribution is 6.30. The van der Waals surface area contributed by atoms with Gasteiger partial charge in [0.25, 0.3) is 5.91 Å². The van der Waals surface area contributed by atoms with Crippen LogP contribution in [0.15, 0.2) is 54.6 Å². The Bertz CT molecular complexity index is 925. The standard InChI is InChI=1S/C20H19ClN4O/c1-3-14-6-4-5-7-17(14)24-19(26)18-12-13(2)22-20(25-18)23-16-10-8-15(21)9-11-16/h4-12H,3H2,1-2H3,(H,24,26)(H,22,23,25). The van der Waals surface area contributed by atoms with Crippen LogP contribution in [0.4, 0.5) is 17.3 Å². The lowest BCUT2D eigenvalue weighted by molar-refractivity contribution is 0.102. The molecule has 0 atom stereocenters. The minimum absolute atomic E-state index is 0.268. The summed E-state index contributed by atoms with van der Waals surface area (Å²) < 4.78 is 0. The number of para-hydroxylation sites is 1. The molecule has 1 amide bonds. The van der Waals surface area contributed by atoms with Gasteiger partial charge in [-0.25, -0.2) is 9.97 Å². The van der Waals surface area contributed by atoms with Crippen molar-refractivity contribution in [3.63, 3.8) is 0 Å². The molecule has 1 aromatic heterocycles. The van der Waals surface area contributed by atoms with E-state index in [-0.39, 0.29) is 5.91 Å². The van der Waals surface area contributed by atoms with Crippen molar-refractivity contribution in [2.24, 2.45) is 0 Å². The van der Waals surface area contributed by atoms with Crippen LogP contribution in [0, 0.1) is 6.92 Å². The largest absolute Gasteiger partial charge is 0.324 e. The van der Waals surface area contributed by atoms with Crippen molar-refractivity contribution in [2.45, 2.75) is 20.3 Å². The Morgan fingerprint density at radius 3 is 2.54 bits per heavy atom. The van der Waals surface area contributed by atoms with Gasteiger partial charge in [-0.1, -0.05) is 36.7 Å². The number of carbonyl (C=O) groups excluding carboxylic acids is 1. The van der Waals surface area contributed by atoms with Crippen LogP contribution in [-0.4, -0.2) is 15.9 Å². The smallest absolute Gasteiger partial charge is 0.274 e. The summed E-state index contributed by atoms with van der Waals surface area (Å²) in [6.45, 7) is 3.87. The van der Waals surface area contributed by atoms with Gasteiger partial charge in [0.2, 0.25) is 5.95 Å². The van der Waals surface area contributed by atoms with Crippen molar-refractivity contribution in [2.75, 3.05) is 10.6 Å². The van der Waals surface area contributed by atoms with E-state index in [0.29, 0.717) is 22.4 Å². The fourth-order valence-corrected chi connectivity index (χ4v) is 2.67. The van der Waals surface area contributed by atoms with Crippen LogP contribution >= 0.6 is 11.6 Å². The first-order valence-electron chi connectivity index (χ1n) is 8.32. The van der Waals surface area contributed by atoms with Crippen LogP contribution in [-0.2, 0) is 6.42 Å². The molecule has 2 N–H and O–H groups in total. The van der Waals surface area contributed by atoms with E-state index in [1.54, 1.807) is 18.2 Å². The van der Waals surface area contributed by atoms with E-state index in [0.717, 1.165) is 23.4 Å². The van der Waals surface area contributed by atoms with Gasteiger partial charge in [0.05, 0.1) is 0 Å². The molecule has 0 radical (unpaired) electrons. The lowest BCUT2D eigenvalue weighted by Gasteiger charge is -2.11. The molecule has 0 aliphatic carbocycles. The minimum Gasteiger partial charge on any atom is -0.324 e. The van der Waals surface area contributed by atoms with Crippen LogP contribution in [0.3, 0.4) is 0 Å². The van der Waals surface area contributed by atoms with E-state index in [1.807, 2.05) is 50.2 Å². The molecule has 0 aliphatic rings. The molecule has 5 nitrogen and oxygen atoms in total. The molecule has 0 aliphatic heterocycles. The summed E-state index contributed by atoms with van der Waals surface area (Å²) in [5.41, 5.74) is 3.67. The molecule has 0 spiro atoms. The molecule has 1 heterocycles. The van der Waals surface area contributed by atoms with Gasteiger partial charge >= 0.3 is 0 Å². The van der Waals surface area contributed by atoms with E-state index < -0.39 is 0 Å². The van der Waals surface area contributed by atoms with Gasteiger partial charge in [-0.3, -0.25) is 4.79 Å². The molecule has 26 heavy (non-hydrogen) atoms. The number of hydrogen-bond donors (Lipinski definition) is 2. The van der Waals surface area contributed by atoms with E-state index >= 15 is 0 Å². The minimum atomic E-state index is -0.268. The predicted molar refractivity (Wildman–Crippen MR) is 105 cm³/mol. The van der Waals surface area contributed by atoms with Gasteiger partial charge in [-0.05, 0) is 55.3 Å². The second-order valence-corrected chi connectivity index (χ2v) is 6.25. The number of carbonyl (C=O) groups is 1. The number of hydrogen-bond acceptors (Lipinski definition) is 4. The quantitative estimate of drug-likeness (QED) is 0.667. The van der Waals surface area contributed by atoms with Crippen molar-refractivity contribution < 1.29 is 4.79 Å². The molecular weight excluding hydrogens is 348 g/mol. The maximum absolute atomic E-state index is 12.6. The zero-order chi connectivity index (χ0) is 18.5. The van der Waals surface area contributed by atoms with Gasteiger partial charge in [0.1, 0.15) is 5.69 Å².